The highest BCUT2D eigenvalue weighted by molar-refractivity contribution is 6.01. The van der Waals surface area contributed by atoms with Gasteiger partial charge in [-0.05, 0) is 18.2 Å². The zero-order chi connectivity index (χ0) is 9.10. The summed E-state index contributed by atoms with van der Waals surface area (Å²) < 4.78 is 0. The lowest BCUT2D eigenvalue weighted by Crippen LogP contribution is -2.04. The van der Waals surface area contributed by atoms with E-state index < -0.39 is 0 Å². The summed E-state index contributed by atoms with van der Waals surface area (Å²) in [6.45, 7) is 3.66. The molecule has 0 radical (unpaired) electrons. The van der Waals surface area contributed by atoms with Crippen LogP contribution >= 0.6 is 12.4 Å². The van der Waals surface area contributed by atoms with Crippen molar-refractivity contribution in [3.8, 4) is 0 Å². The van der Waals surface area contributed by atoms with Crippen molar-refractivity contribution < 1.29 is 4.84 Å². The van der Waals surface area contributed by atoms with E-state index in [-0.39, 0.29) is 18.5 Å². The minimum absolute atomic E-state index is 0. The zero-order valence-corrected chi connectivity index (χ0v) is 8.41. The molecule has 3 nitrogen and oxygen atoms in total. The van der Waals surface area contributed by atoms with Crippen LogP contribution in [0.25, 0.3) is 0 Å². The van der Waals surface area contributed by atoms with Crippen molar-refractivity contribution in [2.45, 2.75) is 12.5 Å². The Hall–Kier alpha value is -1.35. The first-order valence-electron chi connectivity index (χ1n) is 4.16. The van der Waals surface area contributed by atoms with Gasteiger partial charge in [0.1, 0.15) is 0 Å². The van der Waals surface area contributed by atoms with E-state index in [0.717, 1.165) is 17.7 Å². The van der Waals surface area contributed by atoms with Crippen LogP contribution in [-0.4, -0.2) is 16.8 Å². The molecule has 0 saturated heterocycles. The molecule has 2 rings (SSSR count). The monoisotopic (exact) mass is 210 g/mol. The van der Waals surface area contributed by atoms with Gasteiger partial charge in [0.25, 0.3) is 0 Å². The highest BCUT2D eigenvalue weighted by Gasteiger charge is 2.18. The summed E-state index contributed by atoms with van der Waals surface area (Å²) >= 11 is 0. The third-order valence-corrected chi connectivity index (χ3v) is 1.95. The Labute approximate surface area is 88.9 Å². The van der Waals surface area contributed by atoms with Crippen LogP contribution in [-0.2, 0) is 4.84 Å². The van der Waals surface area contributed by atoms with Crippen molar-refractivity contribution in [2.75, 3.05) is 0 Å². The molecule has 74 valence electrons. The van der Waals surface area contributed by atoms with E-state index in [2.05, 4.69) is 16.7 Å². The SMILES string of the molecule is C=CC1CC(c2cccnc2)=NO1.Cl. The van der Waals surface area contributed by atoms with Gasteiger partial charge in [-0.25, -0.2) is 0 Å². The number of hydrogen-bond donors (Lipinski definition) is 0. The lowest BCUT2D eigenvalue weighted by atomic mass is 10.1. The fourth-order valence-corrected chi connectivity index (χ4v) is 1.23. The molecule has 0 fully saturated rings. The van der Waals surface area contributed by atoms with E-state index in [1.165, 1.54) is 0 Å². The van der Waals surface area contributed by atoms with E-state index >= 15 is 0 Å². The van der Waals surface area contributed by atoms with Crippen molar-refractivity contribution >= 4 is 18.1 Å². The summed E-state index contributed by atoms with van der Waals surface area (Å²) in [6.07, 6.45) is 6.09. The fourth-order valence-electron chi connectivity index (χ4n) is 1.23. The van der Waals surface area contributed by atoms with Gasteiger partial charge in [0.2, 0.25) is 0 Å². The van der Waals surface area contributed by atoms with Gasteiger partial charge in [-0.2, -0.15) is 0 Å². The summed E-state index contributed by atoms with van der Waals surface area (Å²) in [5.41, 5.74) is 1.96. The first kappa shape index (κ1) is 10.7. The molecule has 1 aromatic heterocycles. The van der Waals surface area contributed by atoms with E-state index in [9.17, 15) is 0 Å². The Morgan fingerprint density at radius 3 is 3.00 bits per heavy atom. The molecule has 0 amide bonds. The van der Waals surface area contributed by atoms with Crippen LogP contribution in [0.5, 0.6) is 0 Å². The first-order chi connectivity index (χ1) is 6.40. The molecule has 0 spiro atoms. The average Bonchev–Trinajstić information content (AvgIpc) is 2.67. The summed E-state index contributed by atoms with van der Waals surface area (Å²) in [6, 6.07) is 3.86. The van der Waals surface area contributed by atoms with Crippen molar-refractivity contribution in [3.63, 3.8) is 0 Å². The second kappa shape index (κ2) is 4.77. The zero-order valence-electron chi connectivity index (χ0n) is 7.59. The lowest BCUT2D eigenvalue weighted by molar-refractivity contribution is 0.120. The van der Waals surface area contributed by atoms with E-state index in [4.69, 9.17) is 4.84 Å². The summed E-state index contributed by atoms with van der Waals surface area (Å²) in [4.78, 5) is 9.13. The molecule has 1 unspecified atom stereocenters. The summed E-state index contributed by atoms with van der Waals surface area (Å²) in [5.74, 6) is 0. The predicted octanol–water partition coefficient (Wildman–Crippen LogP) is 2.18. The Bertz CT molecular complexity index is 337. The molecule has 0 aliphatic carbocycles. The largest absolute Gasteiger partial charge is 0.388 e. The van der Waals surface area contributed by atoms with Crippen LogP contribution in [0.2, 0.25) is 0 Å². The number of rotatable bonds is 2. The predicted molar refractivity (Wildman–Crippen MR) is 57.7 cm³/mol. The third kappa shape index (κ3) is 2.12. The smallest absolute Gasteiger partial charge is 0.151 e. The molecule has 2 heterocycles. The van der Waals surface area contributed by atoms with Crippen LogP contribution in [0.15, 0.2) is 42.3 Å². The van der Waals surface area contributed by atoms with Gasteiger partial charge in [-0.15, -0.1) is 12.4 Å². The minimum Gasteiger partial charge on any atom is -0.388 e. The third-order valence-electron chi connectivity index (χ3n) is 1.95. The molecule has 1 atom stereocenters. The normalized spacial score (nSPS) is 19.1. The van der Waals surface area contributed by atoms with Crippen molar-refractivity contribution in [3.05, 3.63) is 42.7 Å². The highest BCUT2D eigenvalue weighted by atomic mass is 35.5. The van der Waals surface area contributed by atoms with Crippen LogP contribution in [0.4, 0.5) is 0 Å². The molecule has 1 aromatic rings. The van der Waals surface area contributed by atoms with Gasteiger partial charge < -0.3 is 4.84 Å². The topological polar surface area (TPSA) is 34.5 Å². The van der Waals surface area contributed by atoms with Crippen molar-refractivity contribution in [1.82, 2.24) is 4.98 Å². The van der Waals surface area contributed by atoms with Gasteiger partial charge in [0.05, 0.1) is 5.71 Å². The molecular weight excluding hydrogens is 200 g/mol. The van der Waals surface area contributed by atoms with Gasteiger partial charge in [-0.1, -0.05) is 11.7 Å². The number of hydrogen-bond acceptors (Lipinski definition) is 3. The van der Waals surface area contributed by atoms with E-state index in [1.54, 1.807) is 18.5 Å². The summed E-state index contributed by atoms with van der Waals surface area (Å²) in [5, 5.41) is 3.96. The van der Waals surface area contributed by atoms with Gasteiger partial charge in [0.15, 0.2) is 6.10 Å². The quantitative estimate of drug-likeness (QED) is 0.702. The molecular formula is C10H11ClN2O. The number of pyridine rings is 1. The van der Waals surface area contributed by atoms with Gasteiger partial charge in [0, 0.05) is 24.4 Å². The van der Waals surface area contributed by atoms with Crippen molar-refractivity contribution in [2.24, 2.45) is 5.16 Å². The maximum atomic E-state index is 5.11. The Kier molecular flexibility index (Phi) is 3.65. The lowest BCUT2D eigenvalue weighted by Gasteiger charge is -1.98. The molecule has 1 aliphatic heterocycles. The highest BCUT2D eigenvalue weighted by Crippen LogP contribution is 2.15. The molecule has 4 heteroatoms. The molecule has 0 saturated carbocycles. The van der Waals surface area contributed by atoms with Crippen LogP contribution in [0.3, 0.4) is 0 Å². The van der Waals surface area contributed by atoms with Crippen molar-refractivity contribution in [1.29, 1.82) is 0 Å². The molecule has 14 heavy (non-hydrogen) atoms. The second-order valence-corrected chi connectivity index (χ2v) is 2.86. The van der Waals surface area contributed by atoms with Crippen LogP contribution in [0.1, 0.15) is 12.0 Å². The second-order valence-electron chi connectivity index (χ2n) is 2.86. The summed E-state index contributed by atoms with van der Waals surface area (Å²) in [7, 11) is 0. The maximum absolute atomic E-state index is 5.11. The number of nitrogens with zero attached hydrogens (tertiary/aromatic N) is 2. The fraction of sp³-hybridized carbons (Fsp3) is 0.200. The van der Waals surface area contributed by atoms with Crippen LogP contribution < -0.4 is 0 Å². The molecule has 0 N–H and O–H groups in total. The Morgan fingerprint density at radius 2 is 2.43 bits per heavy atom. The van der Waals surface area contributed by atoms with E-state index in [1.807, 2.05) is 12.1 Å². The molecule has 0 bridgehead atoms. The minimum atomic E-state index is 0. The van der Waals surface area contributed by atoms with E-state index in [0.29, 0.717) is 0 Å². The molecule has 1 aliphatic rings. The Morgan fingerprint density at radius 1 is 1.57 bits per heavy atom. The average molecular weight is 211 g/mol. The standard InChI is InChI=1S/C10H10N2O.ClH/c1-2-9-6-10(12-13-9)8-4-3-5-11-7-8;/h2-5,7,9H,1,6H2;1H. The number of oxime groups is 1. The van der Waals surface area contributed by atoms with Crippen LogP contribution in [0, 0.1) is 0 Å². The number of halogens is 1. The Balaban J connectivity index is 0.000000980. The van der Waals surface area contributed by atoms with Gasteiger partial charge in [-0.3, -0.25) is 4.98 Å². The maximum Gasteiger partial charge on any atom is 0.151 e. The first-order valence-corrected chi connectivity index (χ1v) is 4.16. The molecule has 0 aromatic carbocycles. The van der Waals surface area contributed by atoms with Gasteiger partial charge >= 0.3 is 0 Å². The number of aromatic nitrogens is 1.